The van der Waals surface area contributed by atoms with E-state index in [-0.39, 0.29) is 18.3 Å². The molecule has 0 N–H and O–H groups in total. The Labute approximate surface area is 137 Å². The molecule has 0 aliphatic rings. The highest BCUT2D eigenvalue weighted by atomic mass is 32.1. The number of thiophene rings is 1. The highest BCUT2D eigenvalue weighted by Crippen LogP contribution is 2.18. The summed E-state index contributed by atoms with van der Waals surface area (Å²) in [5.74, 6) is 0.368. The van der Waals surface area contributed by atoms with Crippen LogP contribution in [0.4, 0.5) is 0 Å². The Morgan fingerprint density at radius 1 is 1.17 bits per heavy atom. The minimum absolute atomic E-state index is 0.112. The first-order chi connectivity index (χ1) is 10.9. The lowest BCUT2D eigenvalue weighted by atomic mass is 10.3. The molecule has 0 atom stereocenters. The molecule has 0 aliphatic heterocycles. The fraction of sp³-hybridized carbons (Fsp3) is 0.312. The average Bonchev–Trinajstić information content (AvgIpc) is 3.13. The zero-order chi connectivity index (χ0) is 17.0. The van der Waals surface area contributed by atoms with Crippen molar-refractivity contribution in [3.05, 3.63) is 45.5 Å². The summed E-state index contributed by atoms with van der Waals surface area (Å²) in [5, 5.41) is 0. The molecule has 0 radical (unpaired) electrons. The molecule has 122 valence electrons. The number of aryl methyl sites for hydroxylation is 1. The van der Waals surface area contributed by atoms with Gasteiger partial charge >= 0.3 is 5.97 Å². The summed E-state index contributed by atoms with van der Waals surface area (Å²) in [4.78, 5) is 37.2. The van der Waals surface area contributed by atoms with Gasteiger partial charge < -0.3 is 14.1 Å². The van der Waals surface area contributed by atoms with Crippen LogP contribution >= 0.6 is 11.3 Å². The second-order valence-corrected chi connectivity index (χ2v) is 6.14. The molecule has 2 aromatic rings. The Bertz CT molecular complexity index is 730. The van der Waals surface area contributed by atoms with E-state index in [9.17, 15) is 14.4 Å². The zero-order valence-electron chi connectivity index (χ0n) is 13.1. The molecule has 23 heavy (non-hydrogen) atoms. The fourth-order valence-corrected chi connectivity index (χ4v) is 2.63. The van der Waals surface area contributed by atoms with Gasteiger partial charge in [0.1, 0.15) is 16.4 Å². The number of carbonyl (C=O) groups is 3. The normalized spacial score (nSPS) is 10.4. The number of hydrogen-bond donors (Lipinski definition) is 0. The molecule has 0 aromatic carbocycles. The Hall–Kier alpha value is -2.41. The molecule has 6 nitrogen and oxygen atoms in total. The minimum Gasteiger partial charge on any atom is -0.464 e. The van der Waals surface area contributed by atoms with Crippen molar-refractivity contribution in [2.24, 2.45) is 0 Å². The highest BCUT2D eigenvalue weighted by molar-refractivity contribution is 7.15. The number of carbonyl (C=O) groups excluding carboxylic acids is 3. The van der Waals surface area contributed by atoms with Crippen LogP contribution in [0.1, 0.15) is 37.8 Å². The lowest BCUT2D eigenvalue weighted by Crippen LogP contribution is -2.30. The van der Waals surface area contributed by atoms with Gasteiger partial charge in [-0.15, -0.1) is 11.3 Å². The summed E-state index contributed by atoms with van der Waals surface area (Å²) >= 11 is 1.05. The van der Waals surface area contributed by atoms with E-state index in [2.05, 4.69) is 0 Å². The van der Waals surface area contributed by atoms with E-state index < -0.39 is 5.97 Å². The first-order valence-electron chi connectivity index (χ1n) is 6.94. The number of likely N-dealkylation sites (N-methyl/N-ethyl adjacent to an activating group) is 1. The lowest BCUT2D eigenvalue weighted by Gasteiger charge is -2.15. The highest BCUT2D eigenvalue weighted by Gasteiger charge is 2.17. The third-order valence-electron chi connectivity index (χ3n) is 3.10. The SMILES string of the molecule is CC(=O)c1ccc(C(=O)OCC(=O)N(C)Cc2ccc(C)o2)s1. The average molecular weight is 335 g/mol. The molecule has 0 aliphatic carbocycles. The number of esters is 1. The first-order valence-corrected chi connectivity index (χ1v) is 7.75. The van der Waals surface area contributed by atoms with Gasteiger partial charge in [0.15, 0.2) is 12.4 Å². The molecule has 0 bridgehead atoms. The molecular weight excluding hydrogens is 318 g/mol. The van der Waals surface area contributed by atoms with E-state index >= 15 is 0 Å². The predicted octanol–water partition coefficient (Wildman–Crippen LogP) is 2.67. The van der Waals surface area contributed by atoms with Gasteiger partial charge in [-0.3, -0.25) is 9.59 Å². The monoisotopic (exact) mass is 335 g/mol. The summed E-state index contributed by atoms with van der Waals surface area (Å²) in [5.41, 5.74) is 0. The number of Topliss-reactive ketones (excluding diaryl/α,β-unsaturated/α-hetero) is 1. The Balaban J connectivity index is 1.85. The smallest absolute Gasteiger partial charge is 0.348 e. The van der Waals surface area contributed by atoms with Gasteiger partial charge in [-0.25, -0.2) is 4.79 Å². The van der Waals surface area contributed by atoms with Crippen LogP contribution in [-0.2, 0) is 16.1 Å². The van der Waals surface area contributed by atoms with Crippen molar-refractivity contribution < 1.29 is 23.5 Å². The number of rotatable bonds is 6. The van der Waals surface area contributed by atoms with Crippen LogP contribution in [-0.4, -0.2) is 36.2 Å². The summed E-state index contributed by atoms with van der Waals surface area (Å²) < 4.78 is 10.4. The van der Waals surface area contributed by atoms with Gasteiger partial charge in [0.25, 0.3) is 5.91 Å². The van der Waals surface area contributed by atoms with E-state index in [1.54, 1.807) is 19.2 Å². The van der Waals surface area contributed by atoms with Crippen LogP contribution < -0.4 is 0 Å². The van der Waals surface area contributed by atoms with E-state index in [4.69, 9.17) is 9.15 Å². The van der Waals surface area contributed by atoms with Crippen molar-refractivity contribution in [3.8, 4) is 0 Å². The number of furan rings is 1. The van der Waals surface area contributed by atoms with E-state index in [0.717, 1.165) is 17.1 Å². The van der Waals surface area contributed by atoms with Crippen LogP contribution in [0.15, 0.2) is 28.7 Å². The molecule has 0 unspecified atom stereocenters. The van der Waals surface area contributed by atoms with E-state index in [1.165, 1.54) is 17.9 Å². The maximum absolute atomic E-state index is 12.0. The predicted molar refractivity (Wildman–Crippen MR) is 84.5 cm³/mol. The number of ketones is 1. The summed E-state index contributed by atoms with van der Waals surface area (Å²) in [6, 6.07) is 6.69. The van der Waals surface area contributed by atoms with Crippen LogP contribution in [0.2, 0.25) is 0 Å². The molecule has 0 fully saturated rings. The van der Waals surface area contributed by atoms with Crippen molar-refractivity contribution in [2.45, 2.75) is 20.4 Å². The third-order valence-corrected chi connectivity index (χ3v) is 4.26. The Morgan fingerprint density at radius 3 is 2.43 bits per heavy atom. The minimum atomic E-state index is -0.613. The maximum Gasteiger partial charge on any atom is 0.348 e. The molecule has 0 saturated heterocycles. The zero-order valence-corrected chi connectivity index (χ0v) is 13.9. The van der Waals surface area contributed by atoms with Crippen LogP contribution in [0, 0.1) is 6.92 Å². The summed E-state index contributed by atoms with van der Waals surface area (Å²) in [7, 11) is 1.60. The van der Waals surface area contributed by atoms with E-state index in [0.29, 0.717) is 22.1 Å². The van der Waals surface area contributed by atoms with Crippen molar-refractivity contribution in [1.29, 1.82) is 0 Å². The number of hydrogen-bond acceptors (Lipinski definition) is 6. The van der Waals surface area contributed by atoms with Crippen LogP contribution in [0.3, 0.4) is 0 Å². The summed E-state index contributed by atoms with van der Waals surface area (Å²) in [6.07, 6.45) is 0. The molecule has 0 saturated carbocycles. The lowest BCUT2D eigenvalue weighted by molar-refractivity contribution is -0.133. The fourth-order valence-electron chi connectivity index (χ4n) is 1.84. The largest absolute Gasteiger partial charge is 0.464 e. The summed E-state index contributed by atoms with van der Waals surface area (Å²) in [6.45, 7) is 3.19. The second-order valence-electron chi connectivity index (χ2n) is 5.06. The van der Waals surface area contributed by atoms with E-state index in [1.807, 2.05) is 13.0 Å². The third kappa shape index (κ3) is 4.53. The molecular formula is C16H17NO5S. The van der Waals surface area contributed by atoms with Crippen LogP contribution in [0.5, 0.6) is 0 Å². The molecule has 0 spiro atoms. The molecule has 2 rings (SSSR count). The van der Waals surface area contributed by atoms with Gasteiger partial charge in [0.05, 0.1) is 11.4 Å². The maximum atomic E-state index is 12.0. The molecule has 7 heteroatoms. The first kappa shape index (κ1) is 17.0. The second kappa shape index (κ2) is 7.23. The van der Waals surface area contributed by atoms with Gasteiger partial charge in [-0.05, 0) is 38.1 Å². The Kier molecular flexibility index (Phi) is 5.33. The van der Waals surface area contributed by atoms with Gasteiger partial charge in [0.2, 0.25) is 0 Å². The Morgan fingerprint density at radius 2 is 1.87 bits per heavy atom. The van der Waals surface area contributed by atoms with Crippen molar-refractivity contribution >= 4 is 29.0 Å². The van der Waals surface area contributed by atoms with Crippen molar-refractivity contribution in [1.82, 2.24) is 4.90 Å². The topological polar surface area (TPSA) is 76.8 Å². The van der Waals surface area contributed by atoms with Crippen LogP contribution in [0.25, 0.3) is 0 Å². The van der Waals surface area contributed by atoms with Gasteiger partial charge in [0, 0.05) is 7.05 Å². The number of amides is 1. The molecule has 1 amide bonds. The standard InChI is InChI=1S/C16H17NO5S/c1-10-4-5-12(22-10)8-17(3)15(19)9-21-16(20)14-7-6-13(23-14)11(2)18/h4-7H,8-9H2,1-3H3. The van der Waals surface area contributed by atoms with Crippen molar-refractivity contribution in [3.63, 3.8) is 0 Å². The number of nitrogens with zero attached hydrogens (tertiary/aromatic N) is 1. The molecule has 2 heterocycles. The number of ether oxygens (including phenoxy) is 1. The van der Waals surface area contributed by atoms with Gasteiger partial charge in [-0.1, -0.05) is 0 Å². The quantitative estimate of drug-likeness (QED) is 0.599. The molecule has 2 aromatic heterocycles. The van der Waals surface area contributed by atoms with Crippen molar-refractivity contribution in [2.75, 3.05) is 13.7 Å². The van der Waals surface area contributed by atoms with Gasteiger partial charge in [-0.2, -0.15) is 0 Å².